The van der Waals surface area contributed by atoms with Gasteiger partial charge >= 0.3 is 0 Å². The third kappa shape index (κ3) is 4.83. The van der Waals surface area contributed by atoms with E-state index in [1.165, 1.54) is 6.07 Å². The Morgan fingerprint density at radius 3 is 2.03 bits per heavy atom. The summed E-state index contributed by atoms with van der Waals surface area (Å²) >= 11 is 16.7. The first-order chi connectivity index (χ1) is 15.7. The van der Waals surface area contributed by atoms with Gasteiger partial charge in [0.25, 0.3) is 17.7 Å². The smallest absolute Gasteiger partial charge is 0.274 e. The highest BCUT2D eigenvalue weighted by atomic mass is 79.9. The quantitative estimate of drug-likeness (QED) is 0.249. The van der Waals surface area contributed by atoms with Crippen LogP contribution in [0.1, 0.15) is 33.6 Å². The minimum Gasteiger partial charge on any atom is -0.292 e. The van der Waals surface area contributed by atoms with Crippen molar-refractivity contribution in [2.45, 2.75) is 22.5 Å². The maximum atomic E-state index is 13.5. The molecule has 0 aromatic heterocycles. The van der Waals surface area contributed by atoms with Crippen LogP contribution in [0.25, 0.3) is 0 Å². The molecule has 0 N–H and O–H groups in total. The topological polar surface area (TPSA) is 74.8 Å². The van der Waals surface area contributed by atoms with Gasteiger partial charge in [-0.1, -0.05) is 83.7 Å². The molecule has 3 amide bonds. The van der Waals surface area contributed by atoms with E-state index in [2.05, 4.69) is 47.8 Å². The number of amides is 3. The van der Waals surface area contributed by atoms with E-state index in [1.807, 2.05) is 0 Å². The molecular weight excluding hydrogens is 643 g/mol. The van der Waals surface area contributed by atoms with Gasteiger partial charge in [-0.25, -0.2) is 5.01 Å². The minimum absolute atomic E-state index is 0.0209. The van der Waals surface area contributed by atoms with Gasteiger partial charge < -0.3 is 0 Å². The van der Waals surface area contributed by atoms with E-state index in [0.29, 0.717) is 18.4 Å². The number of fused-ring (bicyclic) bond motifs is 1. The lowest BCUT2D eigenvalue weighted by molar-refractivity contribution is -0.154. The average molecular weight is 662 g/mol. The van der Waals surface area contributed by atoms with Gasteiger partial charge in [-0.2, -0.15) is 5.01 Å². The molecule has 0 radical (unpaired) electrons. The number of carbonyl (C=O) groups excluding carboxylic acids is 4. The van der Waals surface area contributed by atoms with Crippen LogP contribution in [0.5, 0.6) is 0 Å². The van der Waals surface area contributed by atoms with Gasteiger partial charge in [-0.15, -0.1) is 0 Å². The average Bonchev–Trinajstić information content (AvgIpc) is 3.02. The number of carbonyl (C=O) groups is 4. The van der Waals surface area contributed by atoms with Crippen LogP contribution in [0.4, 0.5) is 0 Å². The molecule has 10 heteroatoms. The molecule has 1 saturated carbocycles. The van der Waals surface area contributed by atoms with Crippen molar-refractivity contribution in [1.82, 2.24) is 10.0 Å². The van der Waals surface area contributed by atoms with Crippen LogP contribution in [0.3, 0.4) is 0 Å². The van der Waals surface area contributed by atoms with Gasteiger partial charge in [-0.05, 0) is 37.1 Å². The molecule has 33 heavy (non-hydrogen) atoms. The summed E-state index contributed by atoms with van der Waals surface area (Å²) in [6.07, 6.45) is 0.910. The standard InChI is InChI=1S/C23H18Br3ClN2O4/c24-13-7-5-12(6-8-13)20(30)11-28(21(31)14-3-1-2-4-19(14)27)29-22(32)15-9-17(25)18(26)10-16(15)23(29)33/h1-8,15-18H,9-11H2/t15-,16+,17-,18-/m0/s1. The normalized spacial score (nSPS) is 24.5. The molecule has 6 nitrogen and oxygen atoms in total. The van der Waals surface area contributed by atoms with Crippen molar-refractivity contribution in [3.8, 4) is 0 Å². The molecule has 0 bridgehead atoms. The van der Waals surface area contributed by atoms with E-state index in [1.54, 1.807) is 42.5 Å². The second-order valence-corrected chi connectivity index (χ2v) is 11.7. The first-order valence-electron chi connectivity index (χ1n) is 10.2. The maximum Gasteiger partial charge on any atom is 0.274 e. The minimum atomic E-state index is -0.683. The molecule has 4 rings (SSSR count). The zero-order valence-electron chi connectivity index (χ0n) is 17.1. The number of ketones is 1. The van der Waals surface area contributed by atoms with Gasteiger partial charge in [-0.3, -0.25) is 19.2 Å². The SMILES string of the molecule is O=C(CN(C(=O)c1ccccc1Cl)N1C(=O)[C@H]2C[C@H](Br)[C@@H](Br)C[C@H]2C1=O)c1ccc(Br)cc1. The number of imide groups is 1. The number of nitrogens with zero attached hydrogens (tertiary/aromatic N) is 2. The van der Waals surface area contributed by atoms with Crippen LogP contribution in [0.15, 0.2) is 53.0 Å². The van der Waals surface area contributed by atoms with Gasteiger partial charge in [0.05, 0.1) is 22.4 Å². The Bertz CT molecular complexity index is 1100. The molecule has 0 unspecified atom stereocenters. The molecule has 0 spiro atoms. The van der Waals surface area contributed by atoms with Gasteiger partial charge in [0.2, 0.25) is 0 Å². The highest BCUT2D eigenvalue weighted by Crippen LogP contribution is 2.43. The van der Waals surface area contributed by atoms with E-state index >= 15 is 0 Å². The number of rotatable bonds is 5. The Morgan fingerprint density at radius 2 is 1.48 bits per heavy atom. The van der Waals surface area contributed by atoms with E-state index in [9.17, 15) is 19.2 Å². The summed E-state index contributed by atoms with van der Waals surface area (Å²) < 4.78 is 0.797. The van der Waals surface area contributed by atoms with Crippen molar-refractivity contribution >= 4 is 82.9 Å². The Hall–Kier alpha value is -1.55. The van der Waals surface area contributed by atoms with E-state index < -0.39 is 41.9 Å². The van der Waals surface area contributed by atoms with Crippen molar-refractivity contribution < 1.29 is 19.2 Å². The van der Waals surface area contributed by atoms with Gasteiger partial charge in [0, 0.05) is 19.7 Å². The zero-order chi connectivity index (χ0) is 23.9. The number of halogens is 4. The maximum absolute atomic E-state index is 13.5. The molecule has 1 aliphatic heterocycles. The third-order valence-corrected chi connectivity index (χ3v) is 9.52. The fourth-order valence-corrected chi connectivity index (χ4v) is 5.90. The summed E-state index contributed by atoms with van der Waals surface area (Å²) in [5.41, 5.74) is 0.461. The van der Waals surface area contributed by atoms with E-state index in [4.69, 9.17) is 11.6 Å². The highest BCUT2D eigenvalue weighted by molar-refractivity contribution is 9.12. The second-order valence-electron chi connectivity index (χ2n) is 7.98. The fourth-order valence-electron chi connectivity index (χ4n) is 4.19. The van der Waals surface area contributed by atoms with Crippen LogP contribution in [-0.2, 0) is 9.59 Å². The Labute approximate surface area is 221 Å². The largest absolute Gasteiger partial charge is 0.292 e. The summed E-state index contributed by atoms with van der Waals surface area (Å²) in [4.78, 5) is 53.3. The highest BCUT2D eigenvalue weighted by Gasteiger charge is 2.54. The van der Waals surface area contributed by atoms with E-state index in [-0.39, 0.29) is 20.2 Å². The van der Waals surface area contributed by atoms with Crippen molar-refractivity contribution in [2.24, 2.45) is 11.8 Å². The predicted octanol–water partition coefficient (Wildman–Crippen LogP) is 5.26. The monoisotopic (exact) mass is 658 g/mol. The number of hydrogen-bond donors (Lipinski definition) is 0. The summed E-state index contributed by atoms with van der Waals surface area (Å²) in [6.45, 7) is -0.474. The third-order valence-electron chi connectivity index (χ3n) is 5.93. The lowest BCUT2D eigenvalue weighted by Gasteiger charge is -2.30. The summed E-state index contributed by atoms with van der Waals surface area (Å²) in [6, 6.07) is 13.0. The predicted molar refractivity (Wildman–Crippen MR) is 134 cm³/mol. The van der Waals surface area contributed by atoms with Crippen molar-refractivity contribution in [3.05, 3.63) is 69.2 Å². The number of benzene rings is 2. The molecule has 1 aliphatic carbocycles. The van der Waals surface area contributed by atoms with Crippen LogP contribution in [-0.4, -0.2) is 49.7 Å². The molecule has 2 aliphatic rings. The molecule has 2 fully saturated rings. The first kappa shape index (κ1) is 24.6. The number of Topliss-reactive ketones (excluding diaryl/α,β-unsaturated/α-hetero) is 1. The molecule has 2 aromatic carbocycles. The molecule has 172 valence electrons. The number of hydrazine groups is 1. The van der Waals surface area contributed by atoms with Crippen molar-refractivity contribution in [2.75, 3.05) is 6.54 Å². The fraction of sp³-hybridized carbons (Fsp3) is 0.304. The zero-order valence-corrected chi connectivity index (χ0v) is 22.6. The summed E-state index contributed by atoms with van der Waals surface area (Å²) in [5.74, 6) is -3.15. The van der Waals surface area contributed by atoms with Gasteiger partial charge in [0.15, 0.2) is 5.78 Å². The molecule has 4 atom stereocenters. The lowest BCUT2D eigenvalue weighted by Crippen LogP contribution is -2.52. The second kappa shape index (κ2) is 9.98. The van der Waals surface area contributed by atoms with Crippen LogP contribution < -0.4 is 0 Å². The molecule has 2 aromatic rings. The number of hydrogen-bond acceptors (Lipinski definition) is 4. The van der Waals surface area contributed by atoms with Crippen molar-refractivity contribution in [1.29, 1.82) is 0 Å². The van der Waals surface area contributed by atoms with Crippen molar-refractivity contribution in [3.63, 3.8) is 0 Å². The van der Waals surface area contributed by atoms with Crippen LogP contribution in [0.2, 0.25) is 5.02 Å². The molecule has 1 saturated heterocycles. The first-order valence-corrected chi connectivity index (χ1v) is 13.2. The summed E-state index contributed by atoms with van der Waals surface area (Å²) in [7, 11) is 0. The van der Waals surface area contributed by atoms with Crippen LogP contribution in [0, 0.1) is 11.8 Å². The number of alkyl halides is 2. The Kier molecular flexibility index (Phi) is 7.43. The summed E-state index contributed by atoms with van der Waals surface area (Å²) in [5, 5.41) is 1.98. The van der Waals surface area contributed by atoms with E-state index in [0.717, 1.165) is 14.5 Å². The molecular formula is C23H18Br3ClN2O4. The lowest BCUT2D eigenvalue weighted by atomic mass is 9.81. The van der Waals surface area contributed by atoms with Gasteiger partial charge in [0.1, 0.15) is 6.54 Å². The van der Waals surface area contributed by atoms with Crippen LogP contribution >= 0.6 is 59.4 Å². The molecule has 1 heterocycles. The Morgan fingerprint density at radius 1 is 0.939 bits per heavy atom. The Balaban J connectivity index is 1.71.